The molecule has 0 bridgehead atoms. The van der Waals surface area contributed by atoms with Gasteiger partial charge in [-0.05, 0) is 45.4 Å². The Morgan fingerprint density at radius 3 is 2.44 bits per heavy atom. The van der Waals surface area contributed by atoms with E-state index in [-0.39, 0.29) is 17.7 Å². The highest BCUT2D eigenvalue weighted by Gasteiger charge is 2.31. The molecular formula is C15H24N2O. The van der Waals surface area contributed by atoms with E-state index in [4.69, 9.17) is 10.5 Å². The third kappa shape index (κ3) is 3.03. The third-order valence-corrected chi connectivity index (χ3v) is 3.35. The number of hydrogen-bond donors (Lipinski definition) is 1. The van der Waals surface area contributed by atoms with Crippen LogP contribution in [0.25, 0.3) is 0 Å². The number of anilines is 1. The van der Waals surface area contributed by atoms with Gasteiger partial charge in [0.2, 0.25) is 0 Å². The normalized spacial score (nSPS) is 24.9. The smallest absolute Gasteiger partial charge is 0.0805 e. The van der Waals surface area contributed by atoms with Crippen molar-refractivity contribution >= 4 is 5.69 Å². The second kappa shape index (κ2) is 4.90. The fourth-order valence-corrected chi connectivity index (χ4v) is 2.64. The molecule has 100 valence electrons. The van der Waals surface area contributed by atoms with Crippen LogP contribution in [-0.2, 0) is 4.74 Å². The summed E-state index contributed by atoms with van der Waals surface area (Å²) in [6.45, 7) is 10.3. The average Bonchev–Trinajstić information content (AvgIpc) is 2.26. The van der Waals surface area contributed by atoms with E-state index in [1.54, 1.807) is 0 Å². The Hall–Kier alpha value is -1.06. The van der Waals surface area contributed by atoms with E-state index in [1.807, 2.05) is 6.92 Å². The van der Waals surface area contributed by atoms with Crippen LogP contribution in [0.5, 0.6) is 0 Å². The van der Waals surface area contributed by atoms with Crippen LogP contribution in [0.4, 0.5) is 5.69 Å². The van der Waals surface area contributed by atoms with Crippen molar-refractivity contribution in [2.24, 2.45) is 5.73 Å². The van der Waals surface area contributed by atoms with Crippen LogP contribution in [-0.4, -0.2) is 24.8 Å². The molecule has 1 aliphatic heterocycles. The van der Waals surface area contributed by atoms with Gasteiger partial charge in [0.1, 0.15) is 0 Å². The summed E-state index contributed by atoms with van der Waals surface area (Å²) in [5.74, 6) is 0. The molecule has 0 aliphatic carbocycles. The first kappa shape index (κ1) is 13.4. The molecule has 2 N–H and O–H groups in total. The Labute approximate surface area is 110 Å². The van der Waals surface area contributed by atoms with E-state index in [9.17, 15) is 0 Å². The van der Waals surface area contributed by atoms with E-state index in [0.717, 1.165) is 13.1 Å². The maximum absolute atomic E-state index is 5.93. The van der Waals surface area contributed by atoms with E-state index in [1.165, 1.54) is 11.3 Å². The van der Waals surface area contributed by atoms with Crippen LogP contribution in [0.2, 0.25) is 0 Å². The molecule has 1 heterocycles. The summed E-state index contributed by atoms with van der Waals surface area (Å²) in [5.41, 5.74) is 8.22. The van der Waals surface area contributed by atoms with Gasteiger partial charge in [0.05, 0.1) is 11.7 Å². The van der Waals surface area contributed by atoms with Gasteiger partial charge in [0, 0.05) is 24.8 Å². The summed E-state index contributed by atoms with van der Waals surface area (Å²) in [6, 6.07) is 8.65. The molecule has 0 spiro atoms. The molecule has 1 fully saturated rings. The van der Waals surface area contributed by atoms with E-state index in [0.29, 0.717) is 0 Å². The lowest BCUT2D eigenvalue weighted by molar-refractivity contribution is -0.0749. The van der Waals surface area contributed by atoms with E-state index < -0.39 is 0 Å². The predicted octanol–water partition coefficient (Wildman–Crippen LogP) is 2.71. The van der Waals surface area contributed by atoms with Gasteiger partial charge in [-0.1, -0.05) is 12.1 Å². The van der Waals surface area contributed by atoms with Crippen molar-refractivity contribution < 1.29 is 4.74 Å². The molecule has 1 aromatic carbocycles. The summed E-state index contributed by atoms with van der Waals surface area (Å²) < 4.78 is 5.93. The first-order chi connectivity index (χ1) is 8.37. The highest BCUT2D eigenvalue weighted by molar-refractivity contribution is 5.49. The van der Waals surface area contributed by atoms with Crippen LogP contribution in [0, 0.1) is 0 Å². The zero-order valence-corrected chi connectivity index (χ0v) is 11.8. The lowest BCUT2D eigenvalue weighted by Gasteiger charge is -2.43. The first-order valence-electron chi connectivity index (χ1n) is 6.66. The standard InChI is InChI=1S/C15H24N2O/c1-11-9-17(10-15(3,4)18-11)14-7-5-13(6-8-14)12(2)16/h5-8,11-12H,9-10,16H2,1-4H3/t11?,12-/m1/s1. The van der Waals surface area contributed by atoms with Crippen molar-refractivity contribution in [2.75, 3.05) is 18.0 Å². The zero-order chi connectivity index (χ0) is 13.3. The number of nitrogens with zero attached hydrogens (tertiary/aromatic N) is 1. The summed E-state index contributed by atoms with van der Waals surface area (Å²) in [4.78, 5) is 2.39. The summed E-state index contributed by atoms with van der Waals surface area (Å²) in [5, 5.41) is 0. The van der Waals surface area contributed by atoms with Crippen LogP contribution < -0.4 is 10.6 Å². The third-order valence-electron chi connectivity index (χ3n) is 3.35. The maximum Gasteiger partial charge on any atom is 0.0805 e. The number of morpholine rings is 1. The van der Waals surface area contributed by atoms with Crippen LogP contribution in [0.1, 0.15) is 39.3 Å². The molecule has 2 rings (SSSR count). The van der Waals surface area contributed by atoms with Crippen molar-refractivity contribution in [1.82, 2.24) is 0 Å². The van der Waals surface area contributed by atoms with Gasteiger partial charge < -0.3 is 15.4 Å². The number of benzene rings is 1. The molecule has 1 unspecified atom stereocenters. The van der Waals surface area contributed by atoms with Gasteiger partial charge in [-0.3, -0.25) is 0 Å². The van der Waals surface area contributed by atoms with Crippen LogP contribution in [0.3, 0.4) is 0 Å². The van der Waals surface area contributed by atoms with Gasteiger partial charge in [0.25, 0.3) is 0 Å². The molecule has 0 radical (unpaired) electrons. The molecule has 0 saturated carbocycles. The Morgan fingerprint density at radius 2 is 1.94 bits per heavy atom. The molecule has 1 aliphatic rings. The number of ether oxygens (including phenoxy) is 1. The number of rotatable bonds is 2. The SMILES string of the molecule is CC1CN(c2ccc([C@@H](C)N)cc2)CC(C)(C)O1. The Balaban J connectivity index is 2.15. The van der Waals surface area contributed by atoms with Gasteiger partial charge >= 0.3 is 0 Å². The monoisotopic (exact) mass is 248 g/mol. The summed E-state index contributed by atoms with van der Waals surface area (Å²) in [6.07, 6.45) is 0.266. The summed E-state index contributed by atoms with van der Waals surface area (Å²) in [7, 11) is 0. The largest absolute Gasteiger partial charge is 0.369 e. The van der Waals surface area contributed by atoms with Crippen molar-refractivity contribution in [3.63, 3.8) is 0 Å². The molecular weight excluding hydrogens is 224 g/mol. The first-order valence-corrected chi connectivity index (χ1v) is 6.66. The van der Waals surface area contributed by atoms with Crippen molar-refractivity contribution in [3.8, 4) is 0 Å². The molecule has 3 heteroatoms. The topological polar surface area (TPSA) is 38.5 Å². The molecule has 3 nitrogen and oxygen atoms in total. The molecule has 0 aromatic heterocycles. The molecule has 2 atom stereocenters. The molecule has 0 amide bonds. The lowest BCUT2D eigenvalue weighted by Crippen LogP contribution is -2.52. The Bertz CT molecular complexity index is 397. The second-order valence-electron chi connectivity index (χ2n) is 5.95. The van der Waals surface area contributed by atoms with Crippen molar-refractivity contribution in [3.05, 3.63) is 29.8 Å². The number of hydrogen-bond acceptors (Lipinski definition) is 3. The molecule has 1 saturated heterocycles. The average molecular weight is 248 g/mol. The van der Waals surface area contributed by atoms with Crippen LogP contribution in [0.15, 0.2) is 24.3 Å². The minimum Gasteiger partial charge on any atom is -0.369 e. The van der Waals surface area contributed by atoms with Gasteiger partial charge in [-0.15, -0.1) is 0 Å². The fraction of sp³-hybridized carbons (Fsp3) is 0.600. The minimum absolute atomic E-state index is 0.0858. The van der Waals surface area contributed by atoms with Gasteiger partial charge in [0.15, 0.2) is 0 Å². The maximum atomic E-state index is 5.93. The Morgan fingerprint density at radius 1 is 1.33 bits per heavy atom. The van der Waals surface area contributed by atoms with E-state index in [2.05, 4.69) is 49.9 Å². The molecule has 18 heavy (non-hydrogen) atoms. The lowest BCUT2D eigenvalue weighted by atomic mass is 10.0. The van der Waals surface area contributed by atoms with Crippen molar-refractivity contribution in [1.29, 1.82) is 0 Å². The quantitative estimate of drug-likeness (QED) is 0.874. The predicted molar refractivity (Wildman–Crippen MR) is 75.9 cm³/mol. The fourth-order valence-electron chi connectivity index (χ4n) is 2.64. The second-order valence-corrected chi connectivity index (χ2v) is 5.95. The highest BCUT2D eigenvalue weighted by Crippen LogP contribution is 2.26. The minimum atomic E-state index is -0.0858. The van der Waals surface area contributed by atoms with E-state index >= 15 is 0 Å². The van der Waals surface area contributed by atoms with Crippen molar-refractivity contribution in [2.45, 2.75) is 45.4 Å². The van der Waals surface area contributed by atoms with Crippen LogP contribution >= 0.6 is 0 Å². The molecule has 1 aromatic rings. The highest BCUT2D eigenvalue weighted by atomic mass is 16.5. The van der Waals surface area contributed by atoms with Gasteiger partial charge in [-0.25, -0.2) is 0 Å². The number of nitrogens with two attached hydrogens (primary N) is 1. The zero-order valence-electron chi connectivity index (χ0n) is 11.8. The van der Waals surface area contributed by atoms with Gasteiger partial charge in [-0.2, -0.15) is 0 Å². The Kier molecular flexibility index (Phi) is 3.64. The summed E-state index contributed by atoms with van der Waals surface area (Å²) >= 11 is 0.